The fourth-order valence-corrected chi connectivity index (χ4v) is 3.33. The van der Waals surface area contributed by atoms with Gasteiger partial charge >= 0.3 is 0 Å². The number of aryl methyl sites for hydroxylation is 1. The number of halogens is 1. The van der Waals surface area contributed by atoms with Crippen molar-refractivity contribution in [3.05, 3.63) is 88.5 Å². The molecule has 0 fully saturated rings. The molecule has 0 saturated carbocycles. The summed E-state index contributed by atoms with van der Waals surface area (Å²) in [6, 6.07) is 15.1. The van der Waals surface area contributed by atoms with Gasteiger partial charge in [0.25, 0.3) is 5.91 Å². The normalized spacial score (nSPS) is 11.0. The third kappa shape index (κ3) is 3.73. The number of nitrogens with one attached hydrogen (secondary N) is 1. The minimum atomic E-state index is -0.155. The predicted octanol–water partition coefficient (Wildman–Crippen LogP) is 4.57. The van der Waals surface area contributed by atoms with Crippen molar-refractivity contribution in [2.45, 2.75) is 20.0 Å². The molecule has 6 heteroatoms. The molecular weight excluding hydrogens is 362 g/mol. The van der Waals surface area contributed by atoms with Crippen LogP contribution in [0.1, 0.15) is 27.4 Å². The van der Waals surface area contributed by atoms with E-state index in [2.05, 4.69) is 10.3 Å². The van der Waals surface area contributed by atoms with Gasteiger partial charge in [-0.2, -0.15) is 0 Å². The number of hydrogen-bond donors (Lipinski definition) is 1. The number of nitrogens with zero attached hydrogens (tertiary/aromatic N) is 2. The highest BCUT2D eigenvalue weighted by Crippen LogP contribution is 2.25. The Labute approximate surface area is 161 Å². The van der Waals surface area contributed by atoms with Gasteiger partial charge in [-0.3, -0.25) is 9.78 Å². The molecule has 0 bridgehead atoms. The van der Waals surface area contributed by atoms with Crippen LogP contribution in [0.25, 0.3) is 11.1 Å². The van der Waals surface area contributed by atoms with Crippen LogP contribution < -0.4 is 5.32 Å². The van der Waals surface area contributed by atoms with Crippen LogP contribution in [0.3, 0.4) is 0 Å². The number of amides is 1. The number of aromatic nitrogens is 2. The van der Waals surface area contributed by atoms with Gasteiger partial charge in [0.2, 0.25) is 0 Å². The van der Waals surface area contributed by atoms with Crippen molar-refractivity contribution in [1.82, 2.24) is 14.9 Å². The van der Waals surface area contributed by atoms with Crippen LogP contribution in [-0.4, -0.2) is 15.5 Å². The largest absolute Gasteiger partial charge is 0.460 e. The molecule has 0 aliphatic carbocycles. The summed E-state index contributed by atoms with van der Waals surface area (Å²) in [4.78, 5) is 16.8. The zero-order chi connectivity index (χ0) is 18.8. The average Bonchev–Trinajstić information content (AvgIpc) is 3.18. The Kier molecular flexibility index (Phi) is 4.69. The third-order valence-corrected chi connectivity index (χ3v) is 4.61. The Morgan fingerprint density at radius 1 is 1.15 bits per heavy atom. The van der Waals surface area contributed by atoms with E-state index in [1.54, 1.807) is 18.5 Å². The van der Waals surface area contributed by atoms with Gasteiger partial charge < -0.3 is 14.3 Å². The predicted molar refractivity (Wildman–Crippen MR) is 105 cm³/mol. The van der Waals surface area contributed by atoms with Gasteiger partial charge in [0.05, 0.1) is 5.52 Å². The zero-order valence-electron chi connectivity index (χ0n) is 14.8. The topological polar surface area (TPSA) is 60.1 Å². The van der Waals surface area contributed by atoms with E-state index in [1.165, 1.54) is 0 Å². The second-order valence-electron chi connectivity index (χ2n) is 6.39. The first-order chi connectivity index (χ1) is 13.1. The van der Waals surface area contributed by atoms with Crippen LogP contribution in [0.2, 0.25) is 5.02 Å². The van der Waals surface area contributed by atoms with Crippen molar-refractivity contribution in [1.29, 1.82) is 0 Å². The van der Waals surface area contributed by atoms with Crippen LogP contribution in [0, 0.1) is 6.92 Å². The van der Waals surface area contributed by atoms with Crippen molar-refractivity contribution in [3.63, 3.8) is 0 Å². The summed E-state index contributed by atoms with van der Waals surface area (Å²) in [5.74, 6) is 0.654. The Balaban J connectivity index is 1.65. The first-order valence-corrected chi connectivity index (χ1v) is 8.99. The van der Waals surface area contributed by atoms with Crippen LogP contribution in [0.5, 0.6) is 0 Å². The fraction of sp³-hybridized carbons (Fsp3) is 0.143. The molecular formula is C21H18ClN3O2. The number of carbonyl (C=O) groups excluding carboxylic acids is 1. The van der Waals surface area contributed by atoms with E-state index in [4.69, 9.17) is 16.0 Å². The van der Waals surface area contributed by atoms with E-state index in [0.29, 0.717) is 29.4 Å². The lowest BCUT2D eigenvalue weighted by atomic mass is 10.2. The second kappa shape index (κ2) is 7.29. The summed E-state index contributed by atoms with van der Waals surface area (Å²) in [6.07, 6.45) is 3.42. The number of furan rings is 1. The van der Waals surface area contributed by atoms with Gasteiger partial charge in [-0.15, -0.1) is 0 Å². The highest BCUT2D eigenvalue weighted by molar-refractivity contribution is 6.30. The smallest absolute Gasteiger partial charge is 0.268 e. The van der Waals surface area contributed by atoms with Gasteiger partial charge in [-0.05, 0) is 42.3 Å². The number of pyridine rings is 1. The molecule has 136 valence electrons. The molecule has 0 aliphatic rings. The molecule has 4 aromatic rings. The standard InChI is InChI=1S/C21H18ClN3O2/c1-14-9-18-20(27-14)11-19(21(26)24-12-15-5-7-23-8-6-15)25(18)13-16-3-2-4-17(22)10-16/h2-11H,12-13H2,1H3,(H,24,26). The highest BCUT2D eigenvalue weighted by atomic mass is 35.5. The monoisotopic (exact) mass is 379 g/mol. The Morgan fingerprint density at radius 3 is 2.74 bits per heavy atom. The van der Waals surface area contributed by atoms with Crippen molar-refractivity contribution in [2.75, 3.05) is 0 Å². The minimum Gasteiger partial charge on any atom is -0.460 e. The van der Waals surface area contributed by atoms with E-state index in [-0.39, 0.29) is 5.91 Å². The third-order valence-electron chi connectivity index (χ3n) is 4.38. The first kappa shape index (κ1) is 17.4. The van der Waals surface area contributed by atoms with Crippen molar-refractivity contribution in [2.24, 2.45) is 0 Å². The summed E-state index contributed by atoms with van der Waals surface area (Å²) >= 11 is 6.12. The Morgan fingerprint density at radius 2 is 1.96 bits per heavy atom. The molecule has 1 N–H and O–H groups in total. The molecule has 1 aromatic carbocycles. The molecule has 3 aromatic heterocycles. The maximum atomic E-state index is 12.8. The molecule has 0 spiro atoms. The number of fused-ring (bicyclic) bond motifs is 1. The van der Waals surface area contributed by atoms with Gasteiger partial charge in [-0.1, -0.05) is 23.7 Å². The SMILES string of the molecule is Cc1cc2c(cc(C(=O)NCc3ccncc3)n2Cc2cccc(Cl)c2)o1. The van der Waals surface area contributed by atoms with Crippen molar-refractivity contribution >= 4 is 28.6 Å². The molecule has 5 nitrogen and oxygen atoms in total. The summed E-state index contributed by atoms with van der Waals surface area (Å²) in [5, 5.41) is 3.63. The summed E-state index contributed by atoms with van der Waals surface area (Å²) in [7, 11) is 0. The van der Waals surface area contributed by atoms with E-state index in [9.17, 15) is 4.79 Å². The summed E-state index contributed by atoms with van der Waals surface area (Å²) < 4.78 is 7.69. The number of benzene rings is 1. The van der Waals surface area contributed by atoms with Crippen LogP contribution >= 0.6 is 11.6 Å². The molecule has 0 aliphatic heterocycles. The van der Waals surface area contributed by atoms with Gasteiger partial charge in [0, 0.05) is 42.6 Å². The molecule has 0 atom stereocenters. The number of hydrogen-bond acceptors (Lipinski definition) is 3. The maximum absolute atomic E-state index is 12.8. The lowest BCUT2D eigenvalue weighted by Gasteiger charge is -2.11. The van der Waals surface area contributed by atoms with Crippen LogP contribution in [0.15, 0.2) is 65.3 Å². The maximum Gasteiger partial charge on any atom is 0.268 e. The lowest BCUT2D eigenvalue weighted by molar-refractivity contribution is 0.0942. The molecule has 4 rings (SSSR count). The Hall–Kier alpha value is -3.05. The quantitative estimate of drug-likeness (QED) is 0.552. The van der Waals surface area contributed by atoms with Crippen LogP contribution in [0.4, 0.5) is 0 Å². The van der Waals surface area contributed by atoms with Crippen molar-refractivity contribution < 1.29 is 9.21 Å². The second-order valence-corrected chi connectivity index (χ2v) is 6.83. The molecule has 0 radical (unpaired) electrons. The number of rotatable bonds is 5. The minimum absolute atomic E-state index is 0.155. The van der Waals surface area contributed by atoms with E-state index >= 15 is 0 Å². The van der Waals surface area contributed by atoms with Gasteiger partial charge in [-0.25, -0.2) is 0 Å². The van der Waals surface area contributed by atoms with Crippen LogP contribution in [-0.2, 0) is 13.1 Å². The summed E-state index contributed by atoms with van der Waals surface area (Å²) in [5.41, 5.74) is 4.15. The molecule has 3 heterocycles. The summed E-state index contributed by atoms with van der Waals surface area (Å²) in [6.45, 7) is 2.86. The van der Waals surface area contributed by atoms with Gasteiger partial charge in [0.15, 0.2) is 5.58 Å². The molecule has 27 heavy (non-hydrogen) atoms. The fourth-order valence-electron chi connectivity index (χ4n) is 3.11. The van der Waals surface area contributed by atoms with E-state index in [1.807, 2.05) is 54.0 Å². The zero-order valence-corrected chi connectivity index (χ0v) is 15.5. The van der Waals surface area contributed by atoms with Crippen molar-refractivity contribution in [3.8, 4) is 0 Å². The lowest BCUT2D eigenvalue weighted by Crippen LogP contribution is -2.25. The van der Waals surface area contributed by atoms with E-state index in [0.717, 1.165) is 22.4 Å². The van der Waals surface area contributed by atoms with Gasteiger partial charge in [0.1, 0.15) is 11.5 Å². The first-order valence-electron chi connectivity index (χ1n) is 8.61. The Bertz CT molecular complexity index is 1100. The molecule has 0 saturated heterocycles. The number of carbonyl (C=O) groups is 1. The molecule has 1 amide bonds. The average molecular weight is 380 g/mol. The van der Waals surface area contributed by atoms with E-state index < -0.39 is 0 Å². The molecule has 0 unspecified atom stereocenters. The highest BCUT2D eigenvalue weighted by Gasteiger charge is 2.18.